The molecule has 5 rings (SSSR count). The third-order valence-corrected chi connectivity index (χ3v) is 6.68. The van der Waals surface area contributed by atoms with Crippen LogP contribution in [0.3, 0.4) is 0 Å². The Morgan fingerprint density at radius 2 is 1.63 bits per heavy atom. The van der Waals surface area contributed by atoms with Crippen LogP contribution in [0.5, 0.6) is 0 Å². The van der Waals surface area contributed by atoms with Gasteiger partial charge in [-0.15, -0.1) is 0 Å². The fraction of sp³-hybridized carbons (Fsp3) is 0.320. The summed E-state index contributed by atoms with van der Waals surface area (Å²) in [5, 5.41) is 11.2. The van der Waals surface area contributed by atoms with Gasteiger partial charge in [0.25, 0.3) is 0 Å². The summed E-state index contributed by atoms with van der Waals surface area (Å²) >= 11 is 0. The minimum atomic E-state index is -0.340. The molecular weight excluding hydrogens is 373 g/mol. The van der Waals surface area contributed by atoms with Crippen LogP contribution in [0.1, 0.15) is 39.7 Å². The molecule has 2 aliphatic rings. The Labute approximate surface area is 176 Å². The van der Waals surface area contributed by atoms with Gasteiger partial charge in [0.15, 0.2) is 0 Å². The lowest BCUT2D eigenvalue weighted by Gasteiger charge is -2.32. The van der Waals surface area contributed by atoms with Crippen molar-refractivity contribution in [2.24, 2.45) is 0 Å². The topological polar surface area (TPSA) is 55.4 Å². The predicted octanol–water partition coefficient (Wildman–Crippen LogP) is 4.40. The number of nitrogens with zero attached hydrogens (tertiary/aromatic N) is 1. The van der Waals surface area contributed by atoms with E-state index in [4.69, 9.17) is 19.0 Å². The van der Waals surface area contributed by atoms with Gasteiger partial charge in [0, 0.05) is 16.4 Å². The molecule has 1 unspecified atom stereocenters. The van der Waals surface area contributed by atoms with Crippen LogP contribution < -0.4 is 10.6 Å². The van der Waals surface area contributed by atoms with Crippen molar-refractivity contribution in [1.82, 2.24) is 0 Å². The summed E-state index contributed by atoms with van der Waals surface area (Å²) in [5.41, 5.74) is 3.94. The third kappa shape index (κ3) is 2.99. The van der Waals surface area contributed by atoms with Crippen molar-refractivity contribution in [3.63, 3.8) is 0 Å². The van der Waals surface area contributed by atoms with Crippen molar-refractivity contribution in [2.75, 3.05) is 0 Å². The summed E-state index contributed by atoms with van der Waals surface area (Å²) < 4.78 is 18.7. The molecule has 1 atom stereocenters. The van der Waals surface area contributed by atoms with E-state index >= 15 is 0 Å². The molecule has 0 spiro atoms. The van der Waals surface area contributed by atoms with Gasteiger partial charge in [-0.1, -0.05) is 24.3 Å². The van der Waals surface area contributed by atoms with Gasteiger partial charge in [-0.05, 0) is 75.6 Å². The average Bonchev–Trinajstić information content (AvgIpc) is 3.20. The molecule has 1 aliphatic carbocycles. The Bertz CT molecular complexity index is 1280. The largest absolute Gasteiger partial charge is 0.465 e. The molecule has 1 aliphatic heterocycles. The molecule has 0 N–H and O–H groups in total. The number of hydrogen-bond donors (Lipinski definition) is 0. The van der Waals surface area contributed by atoms with Crippen LogP contribution in [0.25, 0.3) is 34.2 Å². The second kappa shape index (κ2) is 6.60. The van der Waals surface area contributed by atoms with Gasteiger partial charge in [0.2, 0.25) is 0 Å². The van der Waals surface area contributed by atoms with Crippen molar-refractivity contribution in [3.8, 4) is 17.2 Å². The smallest absolute Gasteiger partial charge is 0.456 e. The van der Waals surface area contributed by atoms with Crippen molar-refractivity contribution in [1.29, 1.82) is 5.26 Å². The number of furan rings is 1. The molecule has 3 aromatic rings. The SMILES string of the molecule is CC1(C)OB(C2C=c3c(oc4ccc(-c5ccc(C#N)cc5)cc34)=CC2)OC1(C)C. The lowest BCUT2D eigenvalue weighted by Crippen LogP contribution is -2.41. The minimum absolute atomic E-state index is 0.137. The molecule has 5 heteroatoms. The summed E-state index contributed by atoms with van der Waals surface area (Å²) in [4.78, 5) is 0. The standard InChI is InChI=1S/C25H24BNO3/c1-24(2)25(3,4)30-26(29-24)19-10-12-23-21(14-19)20-13-18(9-11-22(20)28-23)17-7-5-16(15-27)6-8-17/h5-9,11-14,19H,10H2,1-4H3. The predicted molar refractivity (Wildman–Crippen MR) is 119 cm³/mol. The van der Waals surface area contributed by atoms with Crippen molar-refractivity contribution >= 4 is 30.2 Å². The molecule has 1 fully saturated rings. The first-order valence-corrected chi connectivity index (χ1v) is 10.4. The summed E-state index contributed by atoms with van der Waals surface area (Å²) in [5.74, 6) is 0.137. The molecule has 150 valence electrons. The highest BCUT2D eigenvalue weighted by Crippen LogP contribution is 2.41. The summed E-state index contributed by atoms with van der Waals surface area (Å²) in [6, 6.07) is 16.1. The van der Waals surface area contributed by atoms with Gasteiger partial charge in [0.05, 0.1) is 22.8 Å². The zero-order valence-corrected chi connectivity index (χ0v) is 17.7. The number of rotatable bonds is 2. The maximum atomic E-state index is 9.03. The number of nitriles is 1. The Kier molecular flexibility index (Phi) is 4.22. The van der Waals surface area contributed by atoms with E-state index in [-0.39, 0.29) is 24.1 Å². The lowest BCUT2D eigenvalue weighted by atomic mass is 9.68. The van der Waals surface area contributed by atoms with Crippen LogP contribution in [0, 0.1) is 11.3 Å². The lowest BCUT2D eigenvalue weighted by molar-refractivity contribution is 0.00578. The van der Waals surface area contributed by atoms with Crippen molar-refractivity contribution < 1.29 is 13.7 Å². The fourth-order valence-corrected chi connectivity index (χ4v) is 4.15. The Balaban J connectivity index is 1.56. The Hall–Kier alpha value is -2.81. The zero-order valence-electron chi connectivity index (χ0n) is 17.7. The first kappa shape index (κ1) is 19.2. The van der Waals surface area contributed by atoms with Crippen LogP contribution in [0.15, 0.2) is 46.9 Å². The highest BCUT2D eigenvalue weighted by Gasteiger charge is 2.53. The van der Waals surface area contributed by atoms with Gasteiger partial charge in [-0.3, -0.25) is 0 Å². The van der Waals surface area contributed by atoms with Gasteiger partial charge < -0.3 is 13.7 Å². The monoisotopic (exact) mass is 397 g/mol. The molecule has 2 aromatic carbocycles. The van der Waals surface area contributed by atoms with E-state index in [1.54, 1.807) is 0 Å². The van der Waals surface area contributed by atoms with Crippen LogP contribution in [-0.2, 0) is 9.31 Å². The summed E-state index contributed by atoms with van der Waals surface area (Å²) in [7, 11) is -0.272. The maximum absolute atomic E-state index is 9.03. The average molecular weight is 397 g/mol. The van der Waals surface area contributed by atoms with Crippen LogP contribution >= 0.6 is 0 Å². The van der Waals surface area contributed by atoms with E-state index in [0.717, 1.165) is 39.2 Å². The van der Waals surface area contributed by atoms with E-state index in [9.17, 15) is 0 Å². The van der Waals surface area contributed by atoms with Crippen LogP contribution in [0.4, 0.5) is 0 Å². The quantitative estimate of drug-likeness (QED) is 0.602. The number of fused-ring (bicyclic) bond motifs is 3. The van der Waals surface area contributed by atoms with E-state index < -0.39 is 0 Å². The minimum Gasteiger partial charge on any atom is -0.456 e. The highest BCUT2D eigenvalue weighted by molar-refractivity contribution is 6.49. The van der Waals surface area contributed by atoms with Gasteiger partial charge in [0.1, 0.15) is 11.0 Å². The first-order chi connectivity index (χ1) is 14.3. The van der Waals surface area contributed by atoms with Crippen molar-refractivity contribution in [3.05, 3.63) is 58.7 Å². The molecule has 30 heavy (non-hydrogen) atoms. The molecule has 1 saturated heterocycles. The summed E-state index contributed by atoms with van der Waals surface area (Å²) in [6.45, 7) is 8.34. The second-order valence-corrected chi connectivity index (χ2v) is 9.18. The molecule has 0 radical (unpaired) electrons. The van der Waals surface area contributed by atoms with Gasteiger partial charge in [-0.2, -0.15) is 5.26 Å². The fourth-order valence-electron chi connectivity index (χ4n) is 4.15. The van der Waals surface area contributed by atoms with E-state index in [1.165, 1.54) is 0 Å². The third-order valence-electron chi connectivity index (χ3n) is 6.68. The van der Waals surface area contributed by atoms with Crippen molar-refractivity contribution in [2.45, 2.75) is 51.1 Å². The van der Waals surface area contributed by atoms with E-state index in [2.05, 4.69) is 58.0 Å². The molecule has 0 bridgehead atoms. The second-order valence-electron chi connectivity index (χ2n) is 9.18. The molecule has 1 aromatic heterocycles. The highest BCUT2D eigenvalue weighted by atomic mass is 16.7. The molecule has 2 heterocycles. The Morgan fingerprint density at radius 3 is 2.30 bits per heavy atom. The van der Waals surface area contributed by atoms with Crippen LogP contribution in [0.2, 0.25) is 5.82 Å². The number of benzene rings is 2. The zero-order chi connectivity index (χ0) is 21.1. The molecular formula is C25H24BNO3. The molecule has 0 saturated carbocycles. The van der Waals surface area contributed by atoms with Gasteiger partial charge in [-0.25, -0.2) is 0 Å². The molecule has 0 amide bonds. The Morgan fingerprint density at radius 1 is 0.967 bits per heavy atom. The van der Waals surface area contributed by atoms with E-state index in [0.29, 0.717) is 5.56 Å². The summed E-state index contributed by atoms with van der Waals surface area (Å²) in [6.07, 6.45) is 5.21. The normalized spacial score (nSPS) is 21.6. The van der Waals surface area contributed by atoms with Crippen LogP contribution in [-0.4, -0.2) is 18.3 Å². The molecule has 4 nitrogen and oxygen atoms in total. The number of hydrogen-bond acceptors (Lipinski definition) is 4. The maximum Gasteiger partial charge on any atom is 0.465 e. The van der Waals surface area contributed by atoms with E-state index in [1.807, 2.05) is 30.3 Å². The first-order valence-electron chi connectivity index (χ1n) is 10.4. The van der Waals surface area contributed by atoms with Gasteiger partial charge >= 0.3 is 7.12 Å².